The number of hydrogen-bond donors (Lipinski definition) is 1. The number of rotatable bonds is 3. The zero-order valence-corrected chi connectivity index (χ0v) is 14.5. The van der Waals surface area contributed by atoms with Gasteiger partial charge in [-0.1, -0.05) is 0 Å². The molecular formula is C16H22F3N3O4. The summed E-state index contributed by atoms with van der Waals surface area (Å²) in [7, 11) is 0. The van der Waals surface area contributed by atoms with Gasteiger partial charge in [0.05, 0.1) is 18.9 Å². The molecule has 3 rings (SSSR count). The van der Waals surface area contributed by atoms with Crippen molar-refractivity contribution in [3.8, 4) is 5.88 Å². The van der Waals surface area contributed by atoms with E-state index in [4.69, 9.17) is 19.4 Å². The standard InChI is InChI=1S/C14H21N3O2.C2HF3O2/c1-2-19-14-12-3-6-17(11-5-8-18-9-11)7-4-13(12)15-10-16-14;3-2(4,5)1(6)7/h10-11H,2-9H2,1H3;(H,6,7). The molecule has 0 amide bonds. The minimum atomic E-state index is -5.08. The average molecular weight is 377 g/mol. The third-order valence-electron chi connectivity index (χ3n) is 4.23. The molecular weight excluding hydrogens is 355 g/mol. The predicted octanol–water partition coefficient (Wildman–Crippen LogP) is 1.70. The van der Waals surface area contributed by atoms with Crippen molar-refractivity contribution in [2.45, 2.75) is 38.4 Å². The maximum absolute atomic E-state index is 10.6. The van der Waals surface area contributed by atoms with E-state index in [1.807, 2.05) is 6.92 Å². The van der Waals surface area contributed by atoms with E-state index in [0.29, 0.717) is 12.6 Å². The second-order valence-corrected chi connectivity index (χ2v) is 5.89. The van der Waals surface area contributed by atoms with Crippen LogP contribution in [0, 0.1) is 0 Å². The van der Waals surface area contributed by atoms with Crippen LogP contribution in [0.15, 0.2) is 6.33 Å². The smallest absolute Gasteiger partial charge is 0.478 e. The zero-order valence-electron chi connectivity index (χ0n) is 14.5. The number of ether oxygens (including phenoxy) is 2. The Hall–Kier alpha value is -1.94. The van der Waals surface area contributed by atoms with Gasteiger partial charge in [0.25, 0.3) is 0 Å². The molecule has 1 saturated heterocycles. The molecule has 1 fully saturated rings. The van der Waals surface area contributed by atoms with E-state index < -0.39 is 12.1 Å². The van der Waals surface area contributed by atoms with Gasteiger partial charge in [-0.2, -0.15) is 13.2 Å². The van der Waals surface area contributed by atoms with Crippen LogP contribution in [0.1, 0.15) is 24.6 Å². The monoisotopic (exact) mass is 377 g/mol. The first-order valence-electron chi connectivity index (χ1n) is 8.40. The number of carbonyl (C=O) groups is 1. The number of halogens is 3. The summed E-state index contributed by atoms with van der Waals surface area (Å²) in [6.45, 7) is 6.54. The first kappa shape index (κ1) is 20.4. The predicted molar refractivity (Wildman–Crippen MR) is 85.1 cm³/mol. The summed E-state index contributed by atoms with van der Waals surface area (Å²) >= 11 is 0. The lowest BCUT2D eigenvalue weighted by atomic mass is 10.1. The van der Waals surface area contributed by atoms with Crippen molar-refractivity contribution in [1.29, 1.82) is 0 Å². The lowest BCUT2D eigenvalue weighted by Gasteiger charge is -2.25. The van der Waals surface area contributed by atoms with E-state index in [2.05, 4.69) is 14.9 Å². The van der Waals surface area contributed by atoms with Crippen LogP contribution < -0.4 is 4.74 Å². The number of fused-ring (bicyclic) bond motifs is 1. The molecule has 2 aliphatic heterocycles. The fourth-order valence-corrected chi connectivity index (χ4v) is 2.95. The molecule has 0 saturated carbocycles. The summed E-state index contributed by atoms with van der Waals surface area (Å²) in [5.74, 6) is -1.98. The number of carboxylic acids is 1. The van der Waals surface area contributed by atoms with Gasteiger partial charge in [0.15, 0.2) is 0 Å². The van der Waals surface area contributed by atoms with Crippen molar-refractivity contribution in [3.05, 3.63) is 17.6 Å². The molecule has 1 aromatic heterocycles. The van der Waals surface area contributed by atoms with E-state index in [0.717, 1.165) is 57.1 Å². The molecule has 10 heteroatoms. The van der Waals surface area contributed by atoms with E-state index in [1.54, 1.807) is 6.33 Å². The van der Waals surface area contributed by atoms with E-state index in [9.17, 15) is 13.2 Å². The second kappa shape index (κ2) is 9.13. The molecule has 1 unspecified atom stereocenters. The van der Waals surface area contributed by atoms with Crippen LogP contribution in [0.5, 0.6) is 5.88 Å². The van der Waals surface area contributed by atoms with Crippen molar-refractivity contribution in [3.63, 3.8) is 0 Å². The molecule has 7 nitrogen and oxygen atoms in total. The largest absolute Gasteiger partial charge is 0.490 e. The number of aliphatic carboxylic acids is 1. The molecule has 1 N–H and O–H groups in total. The molecule has 0 radical (unpaired) electrons. The normalized spacial score (nSPS) is 20.5. The molecule has 2 aliphatic rings. The minimum absolute atomic E-state index is 0.581. The van der Waals surface area contributed by atoms with E-state index >= 15 is 0 Å². The SMILES string of the molecule is CCOc1ncnc2c1CCN(C1CCOC1)CC2.O=C(O)C(F)(F)F. The summed E-state index contributed by atoms with van der Waals surface area (Å²) in [5.41, 5.74) is 2.35. The highest BCUT2D eigenvalue weighted by Crippen LogP contribution is 2.24. The van der Waals surface area contributed by atoms with Gasteiger partial charge < -0.3 is 14.6 Å². The molecule has 0 spiro atoms. The van der Waals surface area contributed by atoms with Crippen LogP contribution in [0.4, 0.5) is 13.2 Å². The lowest BCUT2D eigenvalue weighted by Crippen LogP contribution is -2.37. The van der Waals surface area contributed by atoms with E-state index in [1.165, 1.54) is 5.56 Å². The van der Waals surface area contributed by atoms with Gasteiger partial charge in [-0.25, -0.2) is 14.8 Å². The van der Waals surface area contributed by atoms with Crippen molar-refractivity contribution < 1.29 is 32.5 Å². The van der Waals surface area contributed by atoms with Gasteiger partial charge in [-0.05, 0) is 19.8 Å². The first-order chi connectivity index (χ1) is 12.3. The number of carboxylic acid groups (broad SMARTS) is 1. The van der Waals surface area contributed by atoms with Gasteiger partial charge in [0, 0.05) is 37.7 Å². The van der Waals surface area contributed by atoms with Gasteiger partial charge in [-0.15, -0.1) is 0 Å². The fraction of sp³-hybridized carbons (Fsp3) is 0.688. The molecule has 0 bridgehead atoms. The maximum atomic E-state index is 10.6. The van der Waals surface area contributed by atoms with Crippen LogP contribution in [-0.4, -0.2) is 71.1 Å². The molecule has 0 aliphatic carbocycles. The summed E-state index contributed by atoms with van der Waals surface area (Å²) in [6.07, 6.45) is -0.352. The highest BCUT2D eigenvalue weighted by Gasteiger charge is 2.38. The summed E-state index contributed by atoms with van der Waals surface area (Å²) in [5, 5.41) is 7.12. The second-order valence-electron chi connectivity index (χ2n) is 5.89. The van der Waals surface area contributed by atoms with Crippen molar-refractivity contribution in [1.82, 2.24) is 14.9 Å². The molecule has 1 aromatic rings. The Bertz CT molecular complexity index is 607. The number of hydrogen-bond acceptors (Lipinski definition) is 6. The minimum Gasteiger partial charge on any atom is -0.478 e. The number of alkyl halides is 3. The molecule has 26 heavy (non-hydrogen) atoms. The zero-order chi connectivity index (χ0) is 19.2. The van der Waals surface area contributed by atoms with Gasteiger partial charge in [-0.3, -0.25) is 4.90 Å². The Kier molecular flexibility index (Phi) is 7.15. The van der Waals surface area contributed by atoms with Crippen LogP contribution in [-0.2, 0) is 22.4 Å². The Balaban J connectivity index is 0.000000298. The third kappa shape index (κ3) is 5.53. The maximum Gasteiger partial charge on any atom is 0.490 e. The van der Waals surface area contributed by atoms with Crippen molar-refractivity contribution >= 4 is 5.97 Å². The average Bonchev–Trinajstić information content (AvgIpc) is 3.02. The van der Waals surface area contributed by atoms with Crippen LogP contribution in [0.25, 0.3) is 0 Å². The topological polar surface area (TPSA) is 84.8 Å². The van der Waals surface area contributed by atoms with Crippen LogP contribution in [0.3, 0.4) is 0 Å². The molecule has 146 valence electrons. The van der Waals surface area contributed by atoms with Crippen molar-refractivity contribution in [2.75, 3.05) is 32.9 Å². The number of aromatic nitrogens is 2. The number of nitrogens with zero attached hydrogens (tertiary/aromatic N) is 3. The Labute approximate surface area is 149 Å². The molecule has 1 atom stereocenters. The van der Waals surface area contributed by atoms with Crippen LogP contribution >= 0.6 is 0 Å². The van der Waals surface area contributed by atoms with Gasteiger partial charge >= 0.3 is 12.1 Å². The van der Waals surface area contributed by atoms with Crippen LogP contribution in [0.2, 0.25) is 0 Å². The highest BCUT2D eigenvalue weighted by atomic mass is 19.4. The Morgan fingerprint density at radius 1 is 1.38 bits per heavy atom. The first-order valence-corrected chi connectivity index (χ1v) is 8.40. The molecule has 3 heterocycles. The lowest BCUT2D eigenvalue weighted by molar-refractivity contribution is -0.192. The molecule has 0 aromatic carbocycles. The Morgan fingerprint density at radius 2 is 2.08 bits per heavy atom. The third-order valence-corrected chi connectivity index (χ3v) is 4.23. The van der Waals surface area contributed by atoms with Crippen molar-refractivity contribution in [2.24, 2.45) is 0 Å². The fourth-order valence-electron chi connectivity index (χ4n) is 2.95. The Morgan fingerprint density at radius 3 is 2.65 bits per heavy atom. The van der Waals surface area contributed by atoms with Gasteiger partial charge in [0.2, 0.25) is 5.88 Å². The highest BCUT2D eigenvalue weighted by molar-refractivity contribution is 5.73. The van der Waals surface area contributed by atoms with Gasteiger partial charge in [0.1, 0.15) is 6.33 Å². The summed E-state index contributed by atoms with van der Waals surface area (Å²) in [6, 6.07) is 0.581. The summed E-state index contributed by atoms with van der Waals surface area (Å²) in [4.78, 5) is 20.1. The van der Waals surface area contributed by atoms with E-state index in [-0.39, 0.29) is 0 Å². The summed E-state index contributed by atoms with van der Waals surface area (Å²) < 4.78 is 42.9. The quantitative estimate of drug-likeness (QED) is 0.858.